The molecule has 3 heterocycles. The second kappa shape index (κ2) is 7.68. The molecule has 1 aromatic carbocycles. The highest BCUT2D eigenvalue weighted by Crippen LogP contribution is 2.26. The first kappa shape index (κ1) is 18.6. The number of hydrogen-bond acceptors (Lipinski definition) is 7. The van der Waals surface area contributed by atoms with Crippen LogP contribution in [0.15, 0.2) is 46.6 Å². The van der Waals surface area contributed by atoms with E-state index in [4.69, 9.17) is 16.3 Å². The lowest BCUT2D eigenvalue weighted by Crippen LogP contribution is -2.04. The lowest BCUT2D eigenvalue weighted by Gasteiger charge is -2.06. The van der Waals surface area contributed by atoms with Crippen LogP contribution in [0.5, 0.6) is 5.75 Å². The van der Waals surface area contributed by atoms with Crippen LogP contribution in [0.3, 0.4) is 0 Å². The normalized spacial score (nSPS) is 11.5. The molecule has 12 heteroatoms. The molecule has 0 aliphatic carbocycles. The Morgan fingerprint density at radius 3 is 2.61 bits per heavy atom. The van der Waals surface area contributed by atoms with Crippen LogP contribution >= 0.6 is 23.4 Å². The minimum absolute atomic E-state index is 0.207. The minimum atomic E-state index is -2.77. The van der Waals surface area contributed by atoms with Gasteiger partial charge in [0, 0.05) is 12.1 Å². The van der Waals surface area contributed by atoms with E-state index < -0.39 is 12.2 Å². The van der Waals surface area contributed by atoms with Crippen LogP contribution < -0.4 is 4.74 Å². The number of rotatable bonds is 6. The Labute approximate surface area is 166 Å². The number of nitrogens with zero attached hydrogens (tertiary/aromatic N) is 7. The Bertz CT molecular complexity index is 1120. The predicted molar refractivity (Wildman–Crippen MR) is 96.6 cm³/mol. The fraction of sp³-hybridized carbons (Fsp3) is 0.188. The van der Waals surface area contributed by atoms with Crippen molar-refractivity contribution in [3.63, 3.8) is 0 Å². The zero-order valence-electron chi connectivity index (χ0n) is 14.3. The second-order valence-electron chi connectivity index (χ2n) is 5.60. The van der Waals surface area contributed by atoms with Crippen LogP contribution in [0.2, 0.25) is 5.02 Å². The van der Waals surface area contributed by atoms with E-state index in [1.165, 1.54) is 11.8 Å². The van der Waals surface area contributed by atoms with Gasteiger partial charge in [-0.15, -0.1) is 20.4 Å². The third-order valence-electron chi connectivity index (χ3n) is 3.76. The molecule has 0 fully saturated rings. The Balaban J connectivity index is 1.50. The molecule has 0 bridgehead atoms. The fourth-order valence-electron chi connectivity index (χ4n) is 2.31. The molecule has 0 saturated heterocycles. The number of halogens is 3. The van der Waals surface area contributed by atoms with Crippen molar-refractivity contribution in [3.05, 3.63) is 53.1 Å². The van der Waals surface area contributed by atoms with Crippen LogP contribution in [-0.4, -0.2) is 34.6 Å². The van der Waals surface area contributed by atoms with Gasteiger partial charge in [-0.3, -0.25) is 0 Å². The first-order valence-corrected chi connectivity index (χ1v) is 9.15. The maximum absolute atomic E-state index is 13.0. The van der Waals surface area contributed by atoms with E-state index in [-0.39, 0.29) is 12.3 Å². The number of aromatic nitrogens is 7. The maximum Gasteiger partial charge on any atom is 0.299 e. The van der Waals surface area contributed by atoms with Crippen LogP contribution in [-0.2, 0) is 13.7 Å². The van der Waals surface area contributed by atoms with Crippen molar-refractivity contribution in [1.29, 1.82) is 0 Å². The molecule has 0 atom stereocenters. The van der Waals surface area contributed by atoms with E-state index in [9.17, 15) is 8.78 Å². The van der Waals surface area contributed by atoms with E-state index in [0.717, 1.165) is 4.52 Å². The first-order chi connectivity index (χ1) is 13.5. The quantitative estimate of drug-likeness (QED) is 0.468. The summed E-state index contributed by atoms with van der Waals surface area (Å²) in [6.07, 6.45) is -2.77. The summed E-state index contributed by atoms with van der Waals surface area (Å²) in [5.74, 6) is 0.740. The summed E-state index contributed by atoms with van der Waals surface area (Å²) in [6.45, 7) is 0.207. The molecule has 0 saturated carbocycles. The van der Waals surface area contributed by atoms with E-state index in [0.29, 0.717) is 26.8 Å². The summed E-state index contributed by atoms with van der Waals surface area (Å²) in [4.78, 5) is 0. The lowest BCUT2D eigenvalue weighted by atomic mass is 10.3. The molecule has 4 rings (SSSR count). The highest BCUT2D eigenvalue weighted by molar-refractivity contribution is 7.99. The van der Waals surface area contributed by atoms with Gasteiger partial charge in [-0.25, -0.2) is 8.78 Å². The molecule has 0 amide bonds. The molecule has 0 radical (unpaired) electrons. The van der Waals surface area contributed by atoms with Gasteiger partial charge in [0.1, 0.15) is 17.4 Å². The largest absolute Gasteiger partial charge is 0.486 e. The Morgan fingerprint density at radius 2 is 1.86 bits per heavy atom. The first-order valence-electron chi connectivity index (χ1n) is 7.96. The molecule has 28 heavy (non-hydrogen) atoms. The number of alkyl halides is 2. The number of hydrogen-bond donors (Lipinski definition) is 0. The van der Waals surface area contributed by atoms with Crippen molar-refractivity contribution in [3.8, 4) is 5.75 Å². The van der Waals surface area contributed by atoms with Crippen molar-refractivity contribution < 1.29 is 13.5 Å². The molecule has 4 aromatic rings. The topological polar surface area (TPSA) is 83.0 Å². The van der Waals surface area contributed by atoms with Crippen molar-refractivity contribution in [2.45, 2.75) is 23.2 Å². The average molecular weight is 424 g/mol. The van der Waals surface area contributed by atoms with Crippen molar-refractivity contribution in [1.82, 2.24) is 34.6 Å². The molecule has 0 N–H and O–H groups in total. The Morgan fingerprint density at radius 1 is 1.07 bits per heavy atom. The van der Waals surface area contributed by atoms with Crippen molar-refractivity contribution >= 4 is 29.0 Å². The summed E-state index contributed by atoms with van der Waals surface area (Å²) in [7, 11) is 1.78. The zero-order chi connectivity index (χ0) is 19.7. The highest BCUT2D eigenvalue weighted by Gasteiger charge is 2.18. The molecule has 144 valence electrons. The fourth-order valence-corrected chi connectivity index (χ4v) is 3.21. The molecular weight excluding hydrogens is 412 g/mol. The van der Waals surface area contributed by atoms with Crippen molar-refractivity contribution in [2.75, 3.05) is 0 Å². The monoisotopic (exact) mass is 423 g/mol. The van der Waals surface area contributed by atoms with Gasteiger partial charge < -0.3 is 9.30 Å². The van der Waals surface area contributed by atoms with Crippen LogP contribution in [0, 0.1) is 0 Å². The molecule has 3 aromatic heterocycles. The smallest absolute Gasteiger partial charge is 0.299 e. The summed E-state index contributed by atoms with van der Waals surface area (Å²) < 4.78 is 34.4. The molecule has 0 unspecified atom stereocenters. The standard InChI is InChI=1S/C16H12ClF2N7OS/c1-25-12(8-27-10-4-2-9(17)3-5-10)21-23-16(25)28-13-7-6-11-20-22-15(14(18)19)26(11)24-13/h2-7,14H,8H2,1H3. The average Bonchev–Trinajstić information content (AvgIpc) is 3.25. The highest BCUT2D eigenvalue weighted by atomic mass is 35.5. The van der Waals surface area contributed by atoms with Gasteiger partial charge in [-0.05, 0) is 48.2 Å². The lowest BCUT2D eigenvalue weighted by molar-refractivity contribution is 0.137. The third kappa shape index (κ3) is 3.76. The van der Waals surface area contributed by atoms with Gasteiger partial charge in [0.25, 0.3) is 6.43 Å². The summed E-state index contributed by atoms with van der Waals surface area (Å²) in [5, 5.41) is 21.1. The Kier molecular flexibility index (Phi) is 5.09. The molecule has 8 nitrogen and oxygen atoms in total. The summed E-state index contributed by atoms with van der Waals surface area (Å²) >= 11 is 7.03. The van der Waals surface area contributed by atoms with Gasteiger partial charge in [0.05, 0.1) is 0 Å². The molecular formula is C16H12ClF2N7OS. The second-order valence-corrected chi connectivity index (χ2v) is 7.03. The van der Waals surface area contributed by atoms with Gasteiger partial charge in [0.15, 0.2) is 16.6 Å². The van der Waals surface area contributed by atoms with E-state index in [1.54, 1.807) is 48.0 Å². The molecule has 0 aliphatic rings. The SMILES string of the molecule is Cn1c(COc2ccc(Cl)cc2)nnc1Sc1ccc2nnc(C(F)F)n2n1. The van der Waals surface area contributed by atoms with E-state index in [2.05, 4.69) is 25.5 Å². The minimum Gasteiger partial charge on any atom is -0.486 e. The Hall–Kier alpha value is -2.79. The molecule has 0 aliphatic heterocycles. The zero-order valence-corrected chi connectivity index (χ0v) is 15.9. The van der Waals surface area contributed by atoms with Gasteiger partial charge in [-0.2, -0.15) is 9.61 Å². The predicted octanol–water partition coefficient (Wildman–Crippen LogP) is 3.57. The maximum atomic E-state index is 13.0. The number of fused-ring (bicyclic) bond motifs is 1. The third-order valence-corrected chi connectivity index (χ3v) is 4.98. The van der Waals surface area contributed by atoms with Crippen LogP contribution in [0.1, 0.15) is 18.1 Å². The summed E-state index contributed by atoms with van der Waals surface area (Å²) in [6, 6.07) is 10.2. The van der Waals surface area contributed by atoms with Crippen LogP contribution in [0.4, 0.5) is 8.78 Å². The van der Waals surface area contributed by atoms with E-state index in [1.807, 2.05) is 0 Å². The summed E-state index contributed by atoms with van der Waals surface area (Å²) in [5.41, 5.74) is 0.245. The molecule has 0 spiro atoms. The number of benzene rings is 1. The van der Waals surface area contributed by atoms with Gasteiger partial charge in [-0.1, -0.05) is 11.6 Å². The van der Waals surface area contributed by atoms with Gasteiger partial charge >= 0.3 is 0 Å². The van der Waals surface area contributed by atoms with E-state index >= 15 is 0 Å². The van der Waals surface area contributed by atoms with Crippen LogP contribution in [0.25, 0.3) is 5.65 Å². The number of ether oxygens (including phenoxy) is 1. The van der Waals surface area contributed by atoms with Gasteiger partial charge in [0.2, 0.25) is 5.82 Å². The van der Waals surface area contributed by atoms with Crippen molar-refractivity contribution in [2.24, 2.45) is 7.05 Å².